The number of nitrogens with zero attached hydrogens (tertiary/aromatic N) is 1. The Labute approximate surface area is 125 Å². The van der Waals surface area contributed by atoms with Crippen molar-refractivity contribution >= 4 is 0 Å². The predicted octanol–water partition coefficient (Wildman–Crippen LogP) is 1.98. The van der Waals surface area contributed by atoms with Gasteiger partial charge in [0.15, 0.2) is 0 Å². The van der Waals surface area contributed by atoms with E-state index >= 15 is 0 Å². The third-order valence-electron chi connectivity index (χ3n) is 5.23. The van der Waals surface area contributed by atoms with Crippen molar-refractivity contribution in [1.29, 1.82) is 5.26 Å². The number of para-hydroxylation sites is 1. The molecular formula is C17H22N2O2. The summed E-state index contributed by atoms with van der Waals surface area (Å²) < 4.78 is 5.69. The second-order valence-electron chi connectivity index (χ2n) is 6.30. The summed E-state index contributed by atoms with van der Waals surface area (Å²) in [6.45, 7) is 4.06. The topological polar surface area (TPSA) is 65.3 Å². The van der Waals surface area contributed by atoms with Gasteiger partial charge in [-0.15, -0.1) is 0 Å². The molecule has 4 nitrogen and oxygen atoms in total. The van der Waals surface area contributed by atoms with E-state index in [1.165, 1.54) is 0 Å². The third-order valence-corrected chi connectivity index (χ3v) is 5.23. The molecule has 2 aliphatic heterocycles. The van der Waals surface area contributed by atoms with Crippen LogP contribution < -0.4 is 10.1 Å². The van der Waals surface area contributed by atoms with Gasteiger partial charge in [0.25, 0.3) is 0 Å². The molecular weight excluding hydrogens is 264 g/mol. The van der Waals surface area contributed by atoms with Crippen LogP contribution >= 0.6 is 0 Å². The first-order valence-corrected chi connectivity index (χ1v) is 7.68. The van der Waals surface area contributed by atoms with Crippen molar-refractivity contribution < 1.29 is 9.84 Å². The van der Waals surface area contributed by atoms with Crippen molar-refractivity contribution in [2.75, 3.05) is 19.7 Å². The first-order valence-electron chi connectivity index (χ1n) is 7.68. The molecule has 1 aromatic carbocycles. The van der Waals surface area contributed by atoms with Gasteiger partial charge >= 0.3 is 0 Å². The quantitative estimate of drug-likeness (QED) is 0.872. The second kappa shape index (κ2) is 5.32. The van der Waals surface area contributed by atoms with Gasteiger partial charge in [0, 0.05) is 24.4 Å². The maximum Gasteiger partial charge on any atom is 0.124 e. The average Bonchev–Trinajstić information content (AvgIpc) is 2.55. The number of hydrogen-bond donors (Lipinski definition) is 2. The molecule has 2 heterocycles. The molecule has 0 aromatic heterocycles. The Kier molecular flexibility index (Phi) is 3.64. The molecule has 0 aliphatic carbocycles. The summed E-state index contributed by atoms with van der Waals surface area (Å²) in [5, 5.41) is 24.7. The normalized spacial score (nSPS) is 31.4. The average molecular weight is 286 g/mol. The Bertz CT molecular complexity index is 558. The van der Waals surface area contributed by atoms with Crippen LogP contribution in [0.3, 0.4) is 0 Å². The maximum atomic E-state index is 11.3. The van der Waals surface area contributed by atoms with Crippen molar-refractivity contribution in [3.63, 3.8) is 0 Å². The molecule has 0 saturated carbocycles. The molecule has 1 aromatic rings. The molecule has 21 heavy (non-hydrogen) atoms. The number of ether oxygens (including phenoxy) is 1. The lowest BCUT2D eigenvalue weighted by atomic mass is 9.60. The summed E-state index contributed by atoms with van der Waals surface area (Å²) in [6, 6.07) is 10.1. The molecule has 1 saturated heterocycles. The molecule has 3 rings (SSSR count). The van der Waals surface area contributed by atoms with Crippen molar-refractivity contribution in [2.24, 2.45) is 5.92 Å². The van der Waals surface area contributed by atoms with Crippen molar-refractivity contribution in [3.8, 4) is 11.8 Å². The summed E-state index contributed by atoms with van der Waals surface area (Å²) in [4.78, 5) is 0. The monoisotopic (exact) mass is 286 g/mol. The van der Waals surface area contributed by atoms with Gasteiger partial charge in [-0.1, -0.05) is 18.2 Å². The first kappa shape index (κ1) is 14.4. The Balaban J connectivity index is 2.07. The van der Waals surface area contributed by atoms with E-state index in [1.54, 1.807) is 0 Å². The van der Waals surface area contributed by atoms with Crippen molar-refractivity contribution in [3.05, 3.63) is 29.8 Å². The Morgan fingerprint density at radius 1 is 1.48 bits per heavy atom. The summed E-state index contributed by atoms with van der Waals surface area (Å²) in [5.41, 5.74) is -1.14. The number of nitriles is 1. The van der Waals surface area contributed by atoms with Gasteiger partial charge in [0.05, 0.1) is 18.3 Å². The third kappa shape index (κ3) is 2.12. The Morgan fingerprint density at radius 2 is 2.29 bits per heavy atom. The molecule has 1 fully saturated rings. The molecule has 3 unspecified atom stereocenters. The fraction of sp³-hybridized carbons (Fsp3) is 0.588. The highest BCUT2D eigenvalue weighted by Crippen LogP contribution is 2.49. The minimum Gasteiger partial charge on any atom is -0.493 e. The standard InChI is InChI=1S/C17H22N2O2/c1-16(20,13-5-4-9-19-11-13)17(12-18)8-10-21-15-7-3-2-6-14(15)17/h2-3,6-7,13,19-20H,4-5,8-11H2,1H3. The zero-order chi connectivity index (χ0) is 14.9. The Hall–Kier alpha value is -1.57. The molecule has 0 radical (unpaired) electrons. The zero-order valence-corrected chi connectivity index (χ0v) is 12.4. The van der Waals surface area contributed by atoms with Crippen LogP contribution in [0, 0.1) is 17.2 Å². The number of aliphatic hydroxyl groups is 1. The van der Waals surface area contributed by atoms with Gasteiger partial charge in [0.2, 0.25) is 0 Å². The second-order valence-corrected chi connectivity index (χ2v) is 6.30. The summed E-state index contributed by atoms with van der Waals surface area (Å²) in [7, 11) is 0. The van der Waals surface area contributed by atoms with E-state index in [9.17, 15) is 10.4 Å². The molecule has 2 aliphatic rings. The van der Waals surface area contributed by atoms with Crippen LogP contribution in [0.4, 0.5) is 0 Å². The molecule has 3 atom stereocenters. The number of hydrogen-bond acceptors (Lipinski definition) is 4. The van der Waals surface area contributed by atoms with Crippen LogP contribution in [0.15, 0.2) is 24.3 Å². The van der Waals surface area contributed by atoms with E-state index in [-0.39, 0.29) is 5.92 Å². The van der Waals surface area contributed by atoms with Crippen molar-refractivity contribution in [1.82, 2.24) is 5.32 Å². The number of fused-ring (bicyclic) bond motifs is 1. The lowest BCUT2D eigenvalue weighted by Crippen LogP contribution is -2.58. The van der Waals surface area contributed by atoms with Crippen LogP contribution in [0.2, 0.25) is 0 Å². The molecule has 4 heteroatoms. The summed E-state index contributed by atoms with van der Waals surface area (Å²) in [6.07, 6.45) is 2.52. The number of benzene rings is 1. The van der Waals surface area contributed by atoms with E-state index in [1.807, 2.05) is 31.2 Å². The van der Waals surface area contributed by atoms with Gasteiger partial charge in [0.1, 0.15) is 11.2 Å². The molecule has 0 bridgehead atoms. The van der Waals surface area contributed by atoms with Gasteiger partial charge < -0.3 is 15.2 Å². The largest absolute Gasteiger partial charge is 0.493 e. The Morgan fingerprint density at radius 3 is 3.00 bits per heavy atom. The predicted molar refractivity (Wildman–Crippen MR) is 80.1 cm³/mol. The molecule has 0 amide bonds. The molecule has 2 N–H and O–H groups in total. The maximum absolute atomic E-state index is 11.3. The summed E-state index contributed by atoms with van der Waals surface area (Å²) in [5.74, 6) is 0.811. The van der Waals surface area contributed by atoms with E-state index < -0.39 is 11.0 Å². The van der Waals surface area contributed by atoms with Crippen LogP contribution in [-0.4, -0.2) is 30.4 Å². The van der Waals surface area contributed by atoms with Crippen molar-refractivity contribution in [2.45, 2.75) is 37.2 Å². The van der Waals surface area contributed by atoms with E-state index in [0.717, 1.165) is 37.2 Å². The minimum atomic E-state index is -1.07. The van der Waals surface area contributed by atoms with Crippen LogP contribution in [0.5, 0.6) is 5.75 Å². The number of piperidine rings is 1. The van der Waals surface area contributed by atoms with Gasteiger partial charge in [-0.05, 0) is 32.4 Å². The summed E-state index contributed by atoms with van der Waals surface area (Å²) >= 11 is 0. The van der Waals surface area contributed by atoms with E-state index in [2.05, 4.69) is 11.4 Å². The molecule has 0 spiro atoms. The van der Waals surface area contributed by atoms with Crippen LogP contribution in [0.1, 0.15) is 31.7 Å². The van der Waals surface area contributed by atoms with Gasteiger partial charge in [-0.2, -0.15) is 5.26 Å². The zero-order valence-electron chi connectivity index (χ0n) is 12.4. The van der Waals surface area contributed by atoms with E-state index in [0.29, 0.717) is 13.0 Å². The van der Waals surface area contributed by atoms with Crippen LogP contribution in [-0.2, 0) is 5.41 Å². The fourth-order valence-electron chi connectivity index (χ4n) is 3.83. The van der Waals surface area contributed by atoms with Gasteiger partial charge in [-0.3, -0.25) is 0 Å². The van der Waals surface area contributed by atoms with E-state index in [4.69, 9.17) is 4.74 Å². The lowest BCUT2D eigenvalue weighted by Gasteiger charge is -2.48. The van der Waals surface area contributed by atoms with Gasteiger partial charge in [-0.25, -0.2) is 0 Å². The number of nitrogens with one attached hydrogen (secondary N) is 1. The fourth-order valence-corrected chi connectivity index (χ4v) is 3.83. The lowest BCUT2D eigenvalue weighted by molar-refractivity contribution is -0.0707. The number of rotatable bonds is 2. The smallest absolute Gasteiger partial charge is 0.124 e. The SMILES string of the molecule is CC(O)(C1CCCNC1)C1(C#N)CCOc2ccccc21. The highest BCUT2D eigenvalue weighted by atomic mass is 16.5. The van der Waals surface area contributed by atoms with Crippen LogP contribution in [0.25, 0.3) is 0 Å². The minimum absolute atomic E-state index is 0.0806. The highest BCUT2D eigenvalue weighted by molar-refractivity contribution is 5.48. The highest BCUT2D eigenvalue weighted by Gasteiger charge is 2.55. The molecule has 112 valence electrons. The first-order chi connectivity index (χ1) is 10.1.